The SMILES string of the molecule is O=CC1C=CC2=C(c3c(F)c(F)c(F)c(F)c3S(=O)(=O)O)c3ccc(O)cc3OC2=C1. The number of aromatic hydroxyl groups is 1. The molecule has 0 radical (unpaired) electrons. The van der Waals surface area contributed by atoms with Crippen LogP contribution in [-0.2, 0) is 14.9 Å². The molecule has 2 aromatic carbocycles. The van der Waals surface area contributed by atoms with E-state index >= 15 is 0 Å². The third-order valence-corrected chi connectivity index (χ3v) is 5.61. The standard InChI is InChI=1S/C20H10F4O6S/c21-16-15(20(31(27,28)29)19(24)18(23)17(16)22)14-10-3-1-8(7-25)5-12(10)30-13-6-9(26)2-4-11(13)14/h1-8,26H,(H,27,28,29). The van der Waals surface area contributed by atoms with Gasteiger partial charge in [-0.25, -0.2) is 17.6 Å². The number of carbonyl (C=O) groups is 1. The van der Waals surface area contributed by atoms with E-state index in [9.17, 15) is 40.4 Å². The molecule has 6 nitrogen and oxygen atoms in total. The first-order chi connectivity index (χ1) is 14.5. The highest BCUT2D eigenvalue weighted by molar-refractivity contribution is 7.86. The maximum Gasteiger partial charge on any atom is 0.298 e. The predicted molar refractivity (Wildman–Crippen MR) is 97.6 cm³/mol. The Bertz CT molecular complexity index is 1360. The summed E-state index contributed by atoms with van der Waals surface area (Å²) in [5.74, 6) is -10.5. The van der Waals surface area contributed by atoms with Crippen molar-refractivity contribution in [1.29, 1.82) is 0 Å². The van der Waals surface area contributed by atoms with Gasteiger partial charge in [0.25, 0.3) is 10.1 Å². The van der Waals surface area contributed by atoms with Gasteiger partial charge in [-0.1, -0.05) is 12.2 Å². The Kier molecular flexibility index (Phi) is 4.74. The zero-order chi connectivity index (χ0) is 22.7. The van der Waals surface area contributed by atoms with E-state index in [0.717, 1.165) is 18.2 Å². The third kappa shape index (κ3) is 3.22. The minimum Gasteiger partial charge on any atom is -0.508 e. The van der Waals surface area contributed by atoms with Gasteiger partial charge in [-0.3, -0.25) is 4.55 Å². The van der Waals surface area contributed by atoms with Crippen LogP contribution in [-0.4, -0.2) is 24.4 Å². The number of rotatable bonds is 3. The fourth-order valence-electron chi connectivity index (χ4n) is 3.40. The van der Waals surface area contributed by atoms with Gasteiger partial charge in [-0.2, -0.15) is 8.42 Å². The lowest BCUT2D eigenvalue weighted by Crippen LogP contribution is -2.18. The first-order valence-electron chi connectivity index (χ1n) is 8.49. The van der Waals surface area contributed by atoms with Crippen LogP contribution in [0.5, 0.6) is 11.5 Å². The van der Waals surface area contributed by atoms with Crippen LogP contribution in [0.3, 0.4) is 0 Å². The summed E-state index contributed by atoms with van der Waals surface area (Å²) >= 11 is 0. The molecule has 0 aromatic heterocycles. The molecule has 1 aliphatic carbocycles. The van der Waals surface area contributed by atoms with Gasteiger partial charge in [0.1, 0.15) is 28.4 Å². The van der Waals surface area contributed by atoms with E-state index in [1.165, 1.54) is 18.2 Å². The summed E-state index contributed by atoms with van der Waals surface area (Å²) in [6.45, 7) is 0. The number of halogens is 4. The summed E-state index contributed by atoms with van der Waals surface area (Å²) in [5.41, 5.74) is -1.95. The second-order valence-electron chi connectivity index (χ2n) is 6.61. The van der Waals surface area contributed by atoms with Crippen molar-refractivity contribution in [1.82, 2.24) is 0 Å². The molecule has 0 bridgehead atoms. The maximum atomic E-state index is 14.9. The van der Waals surface area contributed by atoms with Gasteiger partial charge < -0.3 is 14.6 Å². The highest BCUT2D eigenvalue weighted by Gasteiger charge is 2.38. The fourth-order valence-corrected chi connectivity index (χ4v) is 4.17. The van der Waals surface area contributed by atoms with Crippen LogP contribution in [0.1, 0.15) is 11.1 Å². The number of fused-ring (bicyclic) bond motifs is 2. The van der Waals surface area contributed by atoms with Crippen LogP contribution in [0.2, 0.25) is 0 Å². The first kappa shape index (κ1) is 20.8. The summed E-state index contributed by atoms with van der Waals surface area (Å²) in [6, 6.07) is 3.32. The summed E-state index contributed by atoms with van der Waals surface area (Å²) in [5, 5.41) is 9.74. The van der Waals surface area contributed by atoms with E-state index in [-0.39, 0.29) is 28.4 Å². The molecule has 0 saturated carbocycles. The molecule has 11 heteroatoms. The summed E-state index contributed by atoms with van der Waals surface area (Å²) in [7, 11) is -5.58. The molecule has 1 atom stereocenters. The topological polar surface area (TPSA) is 101 Å². The molecule has 0 saturated heterocycles. The molecule has 0 fully saturated rings. The number of aldehydes is 1. The molecule has 2 N–H and O–H groups in total. The Morgan fingerprint density at radius 1 is 1.03 bits per heavy atom. The second-order valence-corrected chi connectivity index (χ2v) is 7.97. The van der Waals surface area contributed by atoms with Gasteiger partial charge >= 0.3 is 0 Å². The Labute approximate surface area is 172 Å². The van der Waals surface area contributed by atoms with E-state index in [0.29, 0.717) is 6.29 Å². The van der Waals surface area contributed by atoms with Crippen molar-refractivity contribution in [3.8, 4) is 11.5 Å². The van der Waals surface area contributed by atoms with E-state index in [1.54, 1.807) is 0 Å². The number of hydrogen-bond donors (Lipinski definition) is 2. The second kappa shape index (κ2) is 7.06. The fraction of sp³-hybridized carbons (Fsp3) is 0.0500. The quantitative estimate of drug-likeness (QED) is 0.241. The number of phenolic OH excluding ortho intramolecular Hbond substituents is 1. The average Bonchev–Trinajstić information content (AvgIpc) is 2.71. The highest BCUT2D eigenvalue weighted by atomic mass is 32.2. The molecule has 4 rings (SSSR count). The van der Waals surface area contributed by atoms with Gasteiger partial charge in [0.05, 0.1) is 5.92 Å². The molecule has 0 spiro atoms. The Morgan fingerprint density at radius 2 is 1.71 bits per heavy atom. The van der Waals surface area contributed by atoms with E-state index in [2.05, 4.69) is 0 Å². The Morgan fingerprint density at radius 3 is 2.35 bits per heavy atom. The van der Waals surface area contributed by atoms with Crippen LogP contribution in [0.15, 0.2) is 52.7 Å². The highest BCUT2D eigenvalue weighted by Crippen LogP contribution is 2.47. The summed E-state index contributed by atoms with van der Waals surface area (Å²) in [6.07, 6.45) is 4.34. The number of phenols is 1. The zero-order valence-corrected chi connectivity index (χ0v) is 15.9. The van der Waals surface area contributed by atoms with Gasteiger partial charge in [0.15, 0.2) is 23.3 Å². The lowest BCUT2D eigenvalue weighted by atomic mass is 9.85. The minimum atomic E-state index is -5.58. The van der Waals surface area contributed by atoms with Crippen LogP contribution in [0, 0.1) is 29.2 Å². The molecule has 31 heavy (non-hydrogen) atoms. The van der Waals surface area contributed by atoms with E-state index in [4.69, 9.17) is 4.74 Å². The van der Waals surface area contributed by atoms with Crippen molar-refractivity contribution in [3.63, 3.8) is 0 Å². The lowest BCUT2D eigenvalue weighted by molar-refractivity contribution is -0.109. The van der Waals surface area contributed by atoms with Gasteiger partial charge in [0.2, 0.25) is 0 Å². The van der Waals surface area contributed by atoms with Crippen molar-refractivity contribution in [2.45, 2.75) is 4.90 Å². The largest absolute Gasteiger partial charge is 0.508 e. The van der Waals surface area contributed by atoms with Crippen LogP contribution < -0.4 is 4.74 Å². The van der Waals surface area contributed by atoms with E-state index in [1.807, 2.05) is 0 Å². The molecule has 1 heterocycles. The smallest absolute Gasteiger partial charge is 0.298 e. The van der Waals surface area contributed by atoms with Crippen LogP contribution >= 0.6 is 0 Å². The van der Waals surface area contributed by atoms with Gasteiger partial charge in [0, 0.05) is 28.3 Å². The van der Waals surface area contributed by atoms with Crippen molar-refractivity contribution in [2.24, 2.45) is 5.92 Å². The first-order valence-corrected chi connectivity index (χ1v) is 9.93. The number of hydrogen-bond acceptors (Lipinski definition) is 5. The molecule has 1 aliphatic heterocycles. The van der Waals surface area contributed by atoms with Gasteiger partial charge in [-0.15, -0.1) is 0 Å². The minimum absolute atomic E-state index is 0.0921. The molecule has 0 amide bonds. The van der Waals surface area contributed by atoms with E-state index < -0.39 is 55.3 Å². The van der Waals surface area contributed by atoms with Crippen molar-refractivity contribution < 1.29 is 45.2 Å². The number of ether oxygens (including phenoxy) is 1. The summed E-state index contributed by atoms with van der Waals surface area (Å²) < 4.78 is 96.0. The Balaban J connectivity index is 2.20. The number of carbonyl (C=O) groups excluding carboxylic acids is 1. The maximum absolute atomic E-state index is 14.9. The third-order valence-electron chi connectivity index (χ3n) is 4.71. The van der Waals surface area contributed by atoms with Crippen molar-refractivity contribution in [2.75, 3.05) is 0 Å². The van der Waals surface area contributed by atoms with Crippen molar-refractivity contribution in [3.05, 3.63) is 82.2 Å². The summed E-state index contributed by atoms with van der Waals surface area (Å²) in [4.78, 5) is 9.32. The normalized spacial score (nSPS) is 17.6. The molecular formula is C20H10F4O6S. The van der Waals surface area contributed by atoms with Gasteiger partial charge in [-0.05, 0) is 18.2 Å². The number of allylic oxidation sites excluding steroid dienone is 3. The monoisotopic (exact) mass is 454 g/mol. The average molecular weight is 454 g/mol. The molecule has 2 aromatic rings. The number of benzene rings is 2. The van der Waals surface area contributed by atoms with Crippen LogP contribution in [0.25, 0.3) is 5.57 Å². The predicted octanol–water partition coefficient (Wildman–Crippen LogP) is 3.66. The molecule has 1 unspecified atom stereocenters. The molecule has 2 aliphatic rings. The molecule has 160 valence electrons. The Hall–Kier alpha value is -3.44. The molecular weight excluding hydrogens is 444 g/mol. The zero-order valence-electron chi connectivity index (χ0n) is 15.1. The van der Waals surface area contributed by atoms with Crippen molar-refractivity contribution >= 4 is 22.0 Å². The lowest BCUT2D eigenvalue weighted by Gasteiger charge is -2.28. The van der Waals surface area contributed by atoms with Crippen LogP contribution in [0.4, 0.5) is 17.6 Å².